The van der Waals surface area contributed by atoms with Crippen molar-refractivity contribution in [1.82, 2.24) is 9.78 Å². The zero-order valence-corrected chi connectivity index (χ0v) is 15.2. The highest BCUT2D eigenvalue weighted by atomic mass is 16.2. The van der Waals surface area contributed by atoms with E-state index >= 15 is 0 Å². The summed E-state index contributed by atoms with van der Waals surface area (Å²) in [6.07, 6.45) is 0.139. The lowest BCUT2D eigenvalue weighted by Gasteiger charge is -2.24. The number of hydrogen-bond donors (Lipinski definition) is 2. The molecular formula is C21H20N4O2. The van der Waals surface area contributed by atoms with Crippen LogP contribution in [0.4, 0.5) is 11.4 Å². The largest absolute Gasteiger partial charge is 0.326 e. The van der Waals surface area contributed by atoms with Crippen molar-refractivity contribution in [3.05, 3.63) is 71.5 Å². The fourth-order valence-electron chi connectivity index (χ4n) is 3.48. The monoisotopic (exact) mass is 360 g/mol. The van der Waals surface area contributed by atoms with Crippen LogP contribution in [0.1, 0.15) is 29.3 Å². The van der Waals surface area contributed by atoms with E-state index in [0.29, 0.717) is 11.4 Å². The number of nitrogens with zero attached hydrogens (tertiary/aromatic N) is 2. The second-order valence-corrected chi connectivity index (χ2v) is 6.77. The topological polar surface area (TPSA) is 76.0 Å². The molecule has 3 aromatic rings. The van der Waals surface area contributed by atoms with Crippen molar-refractivity contribution >= 4 is 23.2 Å². The zero-order valence-electron chi connectivity index (χ0n) is 15.2. The molecule has 1 aliphatic heterocycles. The van der Waals surface area contributed by atoms with Crippen molar-refractivity contribution in [2.75, 3.05) is 10.6 Å². The molecule has 6 nitrogen and oxygen atoms in total. The maximum Gasteiger partial charge on any atom is 0.232 e. The highest BCUT2D eigenvalue weighted by molar-refractivity contribution is 6.05. The first-order valence-electron chi connectivity index (χ1n) is 8.84. The van der Waals surface area contributed by atoms with Gasteiger partial charge in [0, 0.05) is 23.5 Å². The molecule has 0 unspecified atom stereocenters. The number of nitrogens with one attached hydrogen (secondary N) is 2. The van der Waals surface area contributed by atoms with Crippen molar-refractivity contribution in [3.8, 4) is 5.69 Å². The van der Waals surface area contributed by atoms with Gasteiger partial charge in [-0.3, -0.25) is 9.59 Å². The molecule has 1 aliphatic rings. The molecule has 2 amide bonds. The fraction of sp³-hybridized carbons (Fsp3) is 0.190. The SMILES string of the molecule is Cc1cc(C)n(-c2cccc(NC(=O)[C@H]3CC(=O)Nc4ccccc43)c2)n1. The first kappa shape index (κ1) is 17.0. The smallest absolute Gasteiger partial charge is 0.232 e. The lowest BCUT2D eigenvalue weighted by molar-refractivity contribution is -0.123. The second kappa shape index (κ2) is 6.72. The van der Waals surface area contributed by atoms with E-state index < -0.39 is 5.92 Å². The average Bonchev–Trinajstić information content (AvgIpc) is 2.99. The van der Waals surface area contributed by atoms with E-state index in [2.05, 4.69) is 15.7 Å². The molecule has 136 valence electrons. The number of para-hydroxylation sites is 1. The number of aryl methyl sites for hydroxylation is 2. The van der Waals surface area contributed by atoms with Crippen LogP contribution in [0.3, 0.4) is 0 Å². The molecule has 0 spiro atoms. The Morgan fingerprint density at radius 3 is 2.74 bits per heavy atom. The van der Waals surface area contributed by atoms with Gasteiger partial charge < -0.3 is 10.6 Å². The van der Waals surface area contributed by atoms with Gasteiger partial charge in [-0.2, -0.15) is 5.10 Å². The maximum absolute atomic E-state index is 12.9. The fourth-order valence-corrected chi connectivity index (χ4v) is 3.48. The van der Waals surface area contributed by atoms with E-state index in [1.165, 1.54) is 0 Å². The normalized spacial score (nSPS) is 15.8. The Hall–Kier alpha value is -3.41. The number of amides is 2. The van der Waals surface area contributed by atoms with Crippen LogP contribution in [0.5, 0.6) is 0 Å². The third-order valence-corrected chi connectivity index (χ3v) is 4.68. The molecule has 2 heterocycles. The van der Waals surface area contributed by atoms with Crippen LogP contribution >= 0.6 is 0 Å². The van der Waals surface area contributed by atoms with Gasteiger partial charge in [-0.1, -0.05) is 24.3 Å². The van der Waals surface area contributed by atoms with E-state index in [4.69, 9.17) is 0 Å². The number of fused-ring (bicyclic) bond motifs is 1. The number of carbonyl (C=O) groups excluding carboxylic acids is 2. The first-order valence-corrected chi connectivity index (χ1v) is 8.84. The average molecular weight is 360 g/mol. The summed E-state index contributed by atoms with van der Waals surface area (Å²) in [5.74, 6) is -0.847. The van der Waals surface area contributed by atoms with Crippen molar-refractivity contribution in [2.24, 2.45) is 0 Å². The van der Waals surface area contributed by atoms with Gasteiger partial charge in [0.05, 0.1) is 17.3 Å². The number of anilines is 2. The summed E-state index contributed by atoms with van der Waals surface area (Å²) in [6.45, 7) is 3.93. The molecule has 2 N–H and O–H groups in total. The standard InChI is InChI=1S/C21H20N4O2/c1-13-10-14(2)25(24-13)16-7-5-6-15(11-16)22-21(27)18-12-20(26)23-19-9-4-3-8-17(18)19/h3-11,18H,12H2,1-2H3,(H,22,27)(H,23,26)/t18-/m0/s1. The van der Waals surface area contributed by atoms with Gasteiger partial charge in [0.25, 0.3) is 0 Å². The quantitative estimate of drug-likeness (QED) is 0.750. The molecule has 0 aliphatic carbocycles. The number of aromatic nitrogens is 2. The Balaban J connectivity index is 1.60. The molecule has 4 rings (SSSR count). The van der Waals surface area contributed by atoms with Gasteiger partial charge in [-0.25, -0.2) is 4.68 Å². The number of carbonyl (C=O) groups is 2. The zero-order chi connectivity index (χ0) is 19.0. The van der Waals surface area contributed by atoms with Crippen molar-refractivity contribution in [1.29, 1.82) is 0 Å². The van der Waals surface area contributed by atoms with Crippen molar-refractivity contribution in [2.45, 2.75) is 26.2 Å². The van der Waals surface area contributed by atoms with Crippen LogP contribution in [-0.4, -0.2) is 21.6 Å². The third kappa shape index (κ3) is 3.33. The minimum absolute atomic E-state index is 0.139. The third-order valence-electron chi connectivity index (χ3n) is 4.68. The number of benzene rings is 2. The summed E-state index contributed by atoms with van der Waals surface area (Å²) in [7, 11) is 0. The predicted molar refractivity (Wildman–Crippen MR) is 104 cm³/mol. The van der Waals surface area contributed by atoms with Gasteiger partial charge in [0.15, 0.2) is 0 Å². The van der Waals surface area contributed by atoms with Crippen LogP contribution < -0.4 is 10.6 Å². The maximum atomic E-state index is 12.9. The highest BCUT2D eigenvalue weighted by Crippen LogP contribution is 2.33. The second-order valence-electron chi connectivity index (χ2n) is 6.77. The molecule has 27 heavy (non-hydrogen) atoms. The van der Waals surface area contributed by atoms with E-state index in [9.17, 15) is 9.59 Å². The molecule has 2 aromatic carbocycles. The van der Waals surface area contributed by atoms with Gasteiger partial charge >= 0.3 is 0 Å². The Morgan fingerprint density at radius 1 is 1.15 bits per heavy atom. The summed E-state index contributed by atoms with van der Waals surface area (Å²) in [5.41, 5.74) is 5.05. The Morgan fingerprint density at radius 2 is 1.96 bits per heavy atom. The molecule has 1 aromatic heterocycles. The van der Waals surface area contributed by atoms with Gasteiger partial charge in [0.1, 0.15) is 0 Å². The first-order chi connectivity index (χ1) is 13.0. The molecule has 0 saturated heterocycles. The summed E-state index contributed by atoms with van der Waals surface area (Å²) in [5, 5.41) is 10.2. The Labute approximate surface area is 157 Å². The Kier molecular flexibility index (Phi) is 4.24. The van der Waals surface area contributed by atoms with Gasteiger partial charge in [-0.15, -0.1) is 0 Å². The molecule has 1 atom stereocenters. The predicted octanol–water partition coefficient (Wildman–Crippen LogP) is 3.55. The highest BCUT2D eigenvalue weighted by Gasteiger charge is 2.30. The minimum Gasteiger partial charge on any atom is -0.326 e. The van der Waals surface area contributed by atoms with Gasteiger partial charge in [0.2, 0.25) is 11.8 Å². The van der Waals surface area contributed by atoms with E-state index in [1.807, 2.05) is 73.1 Å². The molecular weight excluding hydrogens is 340 g/mol. The van der Waals surface area contributed by atoms with Crippen LogP contribution in [0.25, 0.3) is 5.69 Å². The van der Waals surface area contributed by atoms with E-state index in [-0.39, 0.29) is 18.2 Å². The molecule has 6 heteroatoms. The van der Waals surface area contributed by atoms with Crippen molar-refractivity contribution < 1.29 is 9.59 Å². The van der Waals surface area contributed by atoms with Crippen molar-refractivity contribution in [3.63, 3.8) is 0 Å². The minimum atomic E-state index is -0.507. The van der Waals surface area contributed by atoms with Crippen LogP contribution in [0, 0.1) is 13.8 Å². The number of rotatable bonds is 3. The van der Waals surface area contributed by atoms with Crippen LogP contribution in [-0.2, 0) is 9.59 Å². The molecule has 0 radical (unpaired) electrons. The summed E-state index contributed by atoms with van der Waals surface area (Å²) >= 11 is 0. The van der Waals surface area contributed by atoms with E-state index in [0.717, 1.165) is 22.6 Å². The lowest BCUT2D eigenvalue weighted by Crippen LogP contribution is -2.30. The molecule has 0 fully saturated rings. The van der Waals surface area contributed by atoms with Crippen LogP contribution in [0.15, 0.2) is 54.6 Å². The number of hydrogen-bond acceptors (Lipinski definition) is 3. The molecule has 0 saturated carbocycles. The van der Waals surface area contributed by atoms with Gasteiger partial charge in [-0.05, 0) is 49.7 Å². The van der Waals surface area contributed by atoms with E-state index in [1.54, 1.807) is 0 Å². The summed E-state index contributed by atoms with van der Waals surface area (Å²) < 4.78 is 1.84. The Bertz CT molecular complexity index is 1040. The lowest BCUT2D eigenvalue weighted by atomic mass is 9.90. The van der Waals surface area contributed by atoms with Crippen LogP contribution in [0.2, 0.25) is 0 Å². The summed E-state index contributed by atoms with van der Waals surface area (Å²) in [4.78, 5) is 24.9. The summed E-state index contributed by atoms with van der Waals surface area (Å²) in [6, 6.07) is 17.0. The molecule has 0 bridgehead atoms.